The topological polar surface area (TPSA) is 70.8 Å². The van der Waals surface area contributed by atoms with E-state index in [9.17, 15) is 4.79 Å². The first-order chi connectivity index (χ1) is 9.12. The molecule has 106 valence electrons. The number of carbonyl (C=O) groups excluding carboxylic acids is 1. The van der Waals surface area contributed by atoms with E-state index in [0.717, 1.165) is 12.0 Å². The Labute approximate surface area is 113 Å². The molecule has 2 N–H and O–H groups in total. The number of nitrogens with two attached hydrogens (primary N) is 1. The van der Waals surface area contributed by atoms with E-state index in [1.807, 2.05) is 13.0 Å². The molecule has 1 aromatic carbocycles. The molecule has 0 spiro atoms. The van der Waals surface area contributed by atoms with Gasteiger partial charge in [0.15, 0.2) is 11.5 Å². The van der Waals surface area contributed by atoms with Crippen LogP contribution in [0.2, 0.25) is 0 Å². The smallest absolute Gasteiger partial charge is 0.307 e. The summed E-state index contributed by atoms with van der Waals surface area (Å²) >= 11 is 0. The highest BCUT2D eigenvalue weighted by Gasteiger charge is 2.14. The quantitative estimate of drug-likeness (QED) is 0.765. The molecule has 0 saturated carbocycles. The van der Waals surface area contributed by atoms with Gasteiger partial charge in [0.1, 0.15) is 0 Å². The maximum atomic E-state index is 11.2. The largest absolute Gasteiger partial charge is 0.493 e. The zero-order valence-electron chi connectivity index (χ0n) is 11.6. The van der Waals surface area contributed by atoms with Crippen LogP contribution in [0.4, 0.5) is 0 Å². The minimum atomic E-state index is -0.415. The van der Waals surface area contributed by atoms with E-state index in [4.69, 9.17) is 15.2 Å². The van der Waals surface area contributed by atoms with Gasteiger partial charge in [0.05, 0.1) is 27.2 Å². The van der Waals surface area contributed by atoms with Crippen molar-refractivity contribution in [2.45, 2.75) is 25.8 Å². The molecule has 0 heterocycles. The maximum Gasteiger partial charge on any atom is 0.307 e. The third-order valence-electron chi connectivity index (χ3n) is 2.69. The third kappa shape index (κ3) is 4.44. The van der Waals surface area contributed by atoms with Crippen molar-refractivity contribution in [1.82, 2.24) is 0 Å². The van der Waals surface area contributed by atoms with Crippen molar-refractivity contribution < 1.29 is 19.0 Å². The van der Waals surface area contributed by atoms with Gasteiger partial charge >= 0.3 is 5.97 Å². The average molecular weight is 267 g/mol. The van der Waals surface area contributed by atoms with Crippen molar-refractivity contribution >= 4 is 5.97 Å². The van der Waals surface area contributed by atoms with Crippen LogP contribution in [-0.2, 0) is 9.53 Å². The monoisotopic (exact) mass is 267 g/mol. The third-order valence-corrected chi connectivity index (χ3v) is 2.69. The number of ether oxygens (including phenoxy) is 3. The van der Waals surface area contributed by atoms with Crippen molar-refractivity contribution in [2.75, 3.05) is 20.8 Å². The van der Waals surface area contributed by atoms with E-state index >= 15 is 0 Å². The molecule has 0 saturated heterocycles. The fourth-order valence-electron chi connectivity index (χ4n) is 1.63. The van der Waals surface area contributed by atoms with Crippen LogP contribution in [0.25, 0.3) is 0 Å². The van der Waals surface area contributed by atoms with Gasteiger partial charge in [0.2, 0.25) is 0 Å². The summed E-state index contributed by atoms with van der Waals surface area (Å²) in [6, 6.07) is 5.02. The summed E-state index contributed by atoms with van der Waals surface area (Å²) in [7, 11) is 2.92. The summed E-state index contributed by atoms with van der Waals surface area (Å²) in [6.45, 7) is 2.66. The van der Waals surface area contributed by atoms with E-state index in [0.29, 0.717) is 18.1 Å². The Morgan fingerprint density at radius 3 is 2.63 bits per heavy atom. The fourth-order valence-corrected chi connectivity index (χ4v) is 1.63. The zero-order valence-corrected chi connectivity index (χ0v) is 11.6. The second kappa shape index (κ2) is 7.63. The first-order valence-electron chi connectivity index (χ1n) is 6.25. The van der Waals surface area contributed by atoms with E-state index in [1.54, 1.807) is 19.2 Å². The lowest BCUT2D eigenvalue weighted by molar-refractivity contribution is -0.141. The van der Waals surface area contributed by atoms with Crippen molar-refractivity contribution in [3.05, 3.63) is 23.8 Å². The molecule has 0 aliphatic rings. The summed E-state index contributed by atoms with van der Waals surface area (Å²) in [5.41, 5.74) is 6.76. The Hall–Kier alpha value is -1.75. The van der Waals surface area contributed by atoms with Crippen LogP contribution in [0.3, 0.4) is 0 Å². The Morgan fingerprint density at radius 1 is 1.32 bits per heavy atom. The number of benzene rings is 1. The normalized spacial score (nSPS) is 11.8. The zero-order chi connectivity index (χ0) is 14.3. The molecule has 19 heavy (non-hydrogen) atoms. The van der Waals surface area contributed by atoms with E-state index in [1.165, 1.54) is 7.11 Å². The number of hydrogen-bond donors (Lipinski definition) is 1. The molecule has 0 aliphatic carbocycles. The molecule has 1 aromatic rings. The highest BCUT2D eigenvalue weighted by molar-refractivity contribution is 5.70. The molecule has 0 bridgehead atoms. The first kappa shape index (κ1) is 15.3. The highest BCUT2D eigenvalue weighted by atomic mass is 16.5. The molecule has 5 heteroatoms. The number of hydrogen-bond acceptors (Lipinski definition) is 5. The lowest BCUT2D eigenvalue weighted by Crippen LogP contribution is -2.16. The van der Waals surface area contributed by atoms with Gasteiger partial charge in [-0.05, 0) is 24.1 Å². The predicted molar refractivity (Wildman–Crippen MR) is 72.3 cm³/mol. The predicted octanol–water partition coefficient (Wildman–Crippen LogP) is 2.05. The van der Waals surface area contributed by atoms with Gasteiger partial charge in [0.25, 0.3) is 0 Å². The van der Waals surface area contributed by atoms with E-state index in [2.05, 4.69) is 4.74 Å². The number of carbonyl (C=O) groups is 1. The highest BCUT2D eigenvalue weighted by Crippen LogP contribution is 2.30. The Bertz CT molecular complexity index is 420. The van der Waals surface area contributed by atoms with Crippen LogP contribution in [0.5, 0.6) is 11.5 Å². The van der Waals surface area contributed by atoms with Gasteiger partial charge in [-0.1, -0.05) is 13.0 Å². The molecule has 1 rings (SSSR count). The van der Waals surface area contributed by atoms with E-state index in [-0.39, 0.29) is 12.4 Å². The number of methoxy groups -OCH3 is 2. The number of rotatable bonds is 7. The van der Waals surface area contributed by atoms with Gasteiger partial charge in [-0.25, -0.2) is 0 Å². The van der Waals surface area contributed by atoms with Gasteiger partial charge in [-0.3, -0.25) is 4.79 Å². The molecular formula is C14H21NO4. The summed E-state index contributed by atoms with van der Waals surface area (Å²) in [6.07, 6.45) is 1.06. The molecule has 0 aliphatic heterocycles. The molecule has 1 atom stereocenters. The Balaban J connectivity index is 2.83. The summed E-state index contributed by atoms with van der Waals surface area (Å²) in [4.78, 5) is 11.2. The Morgan fingerprint density at radius 2 is 2.05 bits per heavy atom. The van der Waals surface area contributed by atoms with Crippen molar-refractivity contribution in [3.8, 4) is 11.5 Å². The summed E-state index contributed by atoms with van der Waals surface area (Å²) in [5, 5.41) is 0. The molecule has 0 radical (unpaired) electrons. The van der Waals surface area contributed by atoms with Crippen LogP contribution in [0.15, 0.2) is 18.2 Å². The first-order valence-corrected chi connectivity index (χ1v) is 6.25. The van der Waals surface area contributed by atoms with Crippen LogP contribution in [0, 0.1) is 0 Å². The second-order valence-electron chi connectivity index (χ2n) is 4.15. The van der Waals surface area contributed by atoms with Crippen molar-refractivity contribution in [2.24, 2.45) is 5.73 Å². The molecule has 0 aromatic heterocycles. The van der Waals surface area contributed by atoms with Gasteiger partial charge in [0, 0.05) is 6.04 Å². The van der Waals surface area contributed by atoms with Crippen LogP contribution < -0.4 is 15.2 Å². The maximum absolute atomic E-state index is 11.2. The van der Waals surface area contributed by atoms with Gasteiger partial charge in [-0.2, -0.15) is 0 Å². The van der Waals surface area contributed by atoms with Crippen LogP contribution in [0.1, 0.15) is 31.4 Å². The van der Waals surface area contributed by atoms with Crippen molar-refractivity contribution in [1.29, 1.82) is 0 Å². The molecule has 0 fully saturated rings. The Kier molecular flexibility index (Phi) is 6.15. The molecular weight excluding hydrogens is 246 g/mol. The van der Waals surface area contributed by atoms with Crippen LogP contribution >= 0.6 is 0 Å². The molecule has 5 nitrogen and oxygen atoms in total. The SMILES string of the molecule is CCCOc1ccc([C@H](N)CC(=O)OC)cc1OC. The average Bonchev–Trinajstić information content (AvgIpc) is 2.44. The lowest BCUT2D eigenvalue weighted by Gasteiger charge is -2.15. The second-order valence-corrected chi connectivity index (χ2v) is 4.15. The summed E-state index contributed by atoms with van der Waals surface area (Å²) < 4.78 is 15.4. The van der Waals surface area contributed by atoms with E-state index < -0.39 is 6.04 Å². The van der Waals surface area contributed by atoms with Crippen LogP contribution in [-0.4, -0.2) is 26.8 Å². The number of esters is 1. The minimum Gasteiger partial charge on any atom is -0.493 e. The van der Waals surface area contributed by atoms with Gasteiger partial charge in [-0.15, -0.1) is 0 Å². The molecule has 0 unspecified atom stereocenters. The standard InChI is InChI=1S/C14H21NO4/c1-4-7-19-12-6-5-10(8-13(12)17-2)11(15)9-14(16)18-3/h5-6,8,11H,4,7,9,15H2,1-3H3/t11-/m1/s1. The van der Waals surface area contributed by atoms with Gasteiger partial charge < -0.3 is 19.9 Å². The van der Waals surface area contributed by atoms with Crippen molar-refractivity contribution in [3.63, 3.8) is 0 Å². The minimum absolute atomic E-state index is 0.134. The fraction of sp³-hybridized carbons (Fsp3) is 0.500. The lowest BCUT2D eigenvalue weighted by atomic mass is 10.0. The summed E-state index contributed by atoms with van der Waals surface area (Å²) in [5.74, 6) is 0.961. The molecule has 0 amide bonds.